The minimum Gasteiger partial charge on any atom is -0.506 e. The minimum absolute atomic E-state index is 0.236. The van der Waals surface area contributed by atoms with Gasteiger partial charge in [-0.3, -0.25) is 4.98 Å². The lowest BCUT2D eigenvalue weighted by Crippen LogP contribution is -1.84. The number of aryl methyl sites for hydroxylation is 1. The molecule has 0 saturated heterocycles. The first kappa shape index (κ1) is 6.08. The van der Waals surface area contributed by atoms with Crippen LogP contribution in [0.1, 0.15) is 12.6 Å². The summed E-state index contributed by atoms with van der Waals surface area (Å²) < 4.78 is 0. The molecule has 2 heteroatoms. The topological polar surface area (TPSA) is 33.1 Å². The first-order valence-electron chi connectivity index (χ1n) is 2.88. The van der Waals surface area contributed by atoms with Crippen molar-refractivity contribution in [3.05, 3.63) is 24.0 Å². The number of aromatic nitrogens is 1. The van der Waals surface area contributed by atoms with E-state index in [1.165, 1.54) is 6.07 Å². The molecule has 1 rings (SSSR count). The van der Waals surface area contributed by atoms with Gasteiger partial charge in [0, 0.05) is 12.3 Å². The van der Waals surface area contributed by atoms with Gasteiger partial charge in [0.2, 0.25) is 0 Å². The highest BCUT2D eigenvalue weighted by Gasteiger charge is 1.94. The molecule has 0 atom stereocenters. The molecule has 0 aliphatic carbocycles. The van der Waals surface area contributed by atoms with Gasteiger partial charge in [-0.05, 0) is 12.5 Å². The van der Waals surface area contributed by atoms with E-state index in [0.717, 1.165) is 12.1 Å². The molecule has 1 N–H and O–H groups in total. The van der Waals surface area contributed by atoms with Gasteiger partial charge in [0.15, 0.2) is 0 Å². The Balaban J connectivity index is 3.01. The number of rotatable bonds is 1. The molecule has 0 aromatic carbocycles. The summed E-state index contributed by atoms with van der Waals surface area (Å²) in [6, 6.07) is 4.19. The third kappa shape index (κ3) is 1.19. The second kappa shape index (κ2) is 2.49. The highest BCUT2D eigenvalue weighted by atomic mass is 16.3. The van der Waals surface area contributed by atoms with E-state index in [2.05, 4.69) is 11.1 Å². The third-order valence-corrected chi connectivity index (χ3v) is 1.15. The molecule has 1 aromatic heterocycles. The van der Waals surface area contributed by atoms with Crippen molar-refractivity contribution < 1.29 is 5.11 Å². The molecule has 0 aliphatic rings. The quantitative estimate of drug-likeness (QED) is 0.606. The number of pyridine rings is 1. The Kier molecular flexibility index (Phi) is 1.68. The fraction of sp³-hybridized carbons (Fsp3) is 0.286. The van der Waals surface area contributed by atoms with Crippen molar-refractivity contribution in [3.8, 4) is 5.75 Å². The second-order valence-electron chi connectivity index (χ2n) is 1.75. The monoisotopic (exact) mass is 122 g/mol. The first-order valence-corrected chi connectivity index (χ1v) is 2.88. The Labute approximate surface area is 54.2 Å². The zero-order chi connectivity index (χ0) is 6.69. The van der Waals surface area contributed by atoms with E-state index in [4.69, 9.17) is 5.11 Å². The van der Waals surface area contributed by atoms with Crippen LogP contribution >= 0.6 is 0 Å². The zero-order valence-electron chi connectivity index (χ0n) is 5.26. The van der Waals surface area contributed by atoms with Crippen LogP contribution in [0.4, 0.5) is 0 Å². The molecule has 0 bridgehead atoms. The van der Waals surface area contributed by atoms with E-state index < -0.39 is 0 Å². The van der Waals surface area contributed by atoms with E-state index in [0.29, 0.717) is 0 Å². The molecule has 1 radical (unpaired) electrons. The van der Waals surface area contributed by atoms with Gasteiger partial charge in [0.1, 0.15) is 5.75 Å². The van der Waals surface area contributed by atoms with E-state index in [9.17, 15) is 0 Å². The lowest BCUT2D eigenvalue weighted by atomic mass is 10.3. The molecule has 0 unspecified atom stereocenters. The van der Waals surface area contributed by atoms with Crippen LogP contribution in [0, 0.1) is 6.07 Å². The van der Waals surface area contributed by atoms with Crippen LogP contribution in [0.5, 0.6) is 5.75 Å². The molecule has 0 aliphatic heterocycles. The summed E-state index contributed by atoms with van der Waals surface area (Å²) in [6.07, 6.45) is 2.32. The van der Waals surface area contributed by atoms with Crippen LogP contribution < -0.4 is 0 Å². The van der Waals surface area contributed by atoms with E-state index in [-0.39, 0.29) is 5.75 Å². The van der Waals surface area contributed by atoms with Crippen molar-refractivity contribution in [2.24, 2.45) is 0 Å². The maximum absolute atomic E-state index is 9.02. The molecule has 1 heterocycles. The second-order valence-corrected chi connectivity index (χ2v) is 1.75. The summed E-state index contributed by atoms with van der Waals surface area (Å²) in [5.74, 6) is 0.236. The maximum atomic E-state index is 9.02. The number of hydrogen-bond donors (Lipinski definition) is 1. The summed E-state index contributed by atoms with van der Waals surface area (Å²) in [4.78, 5) is 3.89. The summed E-state index contributed by atoms with van der Waals surface area (Å²) in [7, 11) is 0. The molecular weight excluding hydrogens is 114 g/mol. The molecule has 47 valence electrons. The van der Waals surface area contributed by atoms with E-state index >= 15 is 0 Å². The van der Waals surface area contributed by atoms with Gasteiger partial charge in [0.25, 0.3) is 0 Å². The van der Waals surface area contributed by atoms with Crippen molar-refractivity contribution in [2.75, 3.05) is 0 Å². The Hall–Kier alpha value is -1.05. The minimum atomic E-state index is 0.236. The van der Waals surface area contributed by atoms with Gasteiger partial charge in [0.05, 0.1) is 5.69 Å². The molecule has 0 saturated carbocycles. The Bertz CT molecular complexity index is 198. The summed E-state index contributed by atoms with van der Waals surface area (Å²) >= 11 is 0. The average Bonchev–Trinajstić information content (AvgIpc) is 1.89. The van der Waals surface area contributed by atoms with Gasteiger partial charge >= 0.3 is 0 Å². The fourth-order valence-electron chi connectivity index (χ4n) is 0.653. The molecule has 9 heavy (non-hydrogen) atoms. The van der Waals surface area contributed by atoms with E-state index in [1.807, 2.05) is 6.92 Å². The van der Waals surface area contributed by atoms with Gasteiger partial charge in [-0.1, -0.05) is 6.92 Å². The fourth-order valence-corrected chi connectivity index (χ4v) is 0.653. The van der Waals surface area contributed by atoms with E-state index in [1.54, 1.807) is 6.20 Å². The maximum Gasteiger partial charge on any atom is 0.137 e. The van der Waals surface area contributed by atoms with Crippen molar-refractivity contribution >= 4 is 0 Å². The van der Waals surface area contributed by atoms with Crippen LogP contribution in [-0.2, 0) is 6.42 Å². The van der Waals surface area contributed by atoms with Crippen LogP contribution in [-0.4, -0.2) is 10.1 Å². The van der Waals surface area contributed by atoms with Gasteiger partial charge in [-0.25, -0.2) is 0 Å². The standard InChI is InChI=1S/C7H8NO/c1-2-6-7(9)4-3-5-8-6/h4-5,9H,2H2,1H3. The van der Waals surface area contributed by atoms with Crippen molar-refractivity contribution in [2.45, 2.75) is 13.3 Å². The predicted molar refractivity (Wildman–Crippen MR) is 34.1 cm³/mol. The smallest absolute Gasteiger partial charge is 0.137 e. The summed E-state index contributed by atoms with van der Waals surface area (Å²) in [6.45, 7) is 1.95. The Morgan fingerprint density at radius 2 is 2.56 bits per heavy atom. The van der Waals surface area contributed by atoms with Gasteiger partial charge in [-0.2, -0.15) is 0 Å². The van der Waals surface area contributed by atoms with Crippen LogP contribution in [0.15, 0.2) is 12.3 Å². The molecule has 0 fully saturated rings. The van der Waals surface area contributed by atoms with Crippen LogP contribution in [0.3, 0.4) is 0 Å². The average molecular weight is 122 g/mol. The first-order chi connectivity index (χ1) is 4.34. The van der Waals surface area contributed by atoms with Crippen LogP contribution in [0.2, 0.25) is 0 Å². The van der Waals surface area contributed by atoms with Crippen molar-refractivity contribution in [1.29, 1.82) is 0 Å². The number of aromatic hydroxyl groups is 1. The summed E-state index contributed by atoms with van der Waals surface area (Å²) in [5, 5.41) is 9.02. The van der Waals surface area contributed by atoms with Crippen LogP contribution in [0.25, 0.3) is 0 Å². The lowest BCUT2D eigenvalue weighted by Gasteiger charge is -1.95. The Morgan fingerprint density at radius 1 is 1.78 bits per heavy atom. The largest absolute Gasteiger partial charge is 0.506 e. The molecule has 1 aromatic rings. The van der Waals surface area contributed by atoms with Crippen molar-refractivity contribution in [1.82, 2.24) is 4.98 Å². The molecule has 0 amide bonds. The third-order valence-electron chi connectivity index (χ3n) is 1.15. The van der Waals surface area contributed by atoms with Crippen molar-refractivity contribution in [3.63, 3.8) is 0 Å². The molecule has 0 spiro atoms. The number of nitrogens with zero attached hydrogens (tertiary/aromatic N) is 1. The molecule has 2 nitrogen and oxygen atoms in total. The predicted octanol–water partition coefficient (Wildman–Crippen LogP) is 1.15. The number of hydrogen-bond acceptors (Lipinski definition) is 2. The Morgan fingerprint density at radius 3 is 3.00 bits per heavy atom. The van der Waals surface area contributed by atoms with Gasteiger partial charge < -0.3 is 5.11 Å². The van der Waals surface area contributed by atoms with Gasteiger partial charge in [-0.15, -0.1) is 0 Å². The lowest BCUT2D eigenvalue weighted by molar-refractivity contribution is 0.464. The molecular formula is C7H8NO. The summed E-state index contributed by atoms with van der Waals surface area (Å²) in [5.41, 5.74) is 0.730. The normalized spacial score (nSPS) is 9.44. The highest BCUT2D eigenvalue weighted by molar-refractivity contribution is 5.23. The SMILES string of the molecule is CCc1nc[c]cc1O. The highest BCUT2D eigenvalue weighted by Crippen LogP contribution is 2.11. The zero-order valence-corrected chi connectivity index (χ0v) is 5.26.